The Morgan fingerprint density at radius 1 is 0.972 bits per heavy atom. The van der Waals surface area contributed by atoms with Gasteiger partial charge in [-0.3, -0.25) is 4.90 Å². The molecule has 4 aliphatic rings. The molecule has 2 bridgehead atoms. The van der Waals surface area contributed by atoms with Crippen LogP contribution in [0.2, 0.25) is 18.1 Å². The molecule has 0 aromatic carbocycles. The molecule has 5 unspecified atom stereocenters. The molecule has 4 heterocycles. The Kier molecular flexibility index (Phi) is 11.5. The average Bonchev–Trinajstić information content (AvgIpc) is 2.86. The lowest BCUT2D eigenvalue weighted by atomic mass is 9.94. The smallest absolute Gasteiger partial charge is 0.379 e. The summed E-state index contributed by atoms with van der Waals surface area (Å²) < 4.78 is 65.8. The van der Waals surface area contributed by atoms with E-state index in [-0.39, 0.29) is 11.6 Å². The van der Waals surface area contributed by atoms with Gasteiger partial charge in [0.15, 0.2) is 0 Å². The van der Waals surface area contributed by atoms with Crippen molar-refractivity contribution >= 4 is 26.4 Å². The third-order valence-electron chi connectivity index (χ3n) is 7.32. The number of rotatable bonds is 13. The van der Waals surface area contributed by atoms with Gasteiger partial charge in [-0.05, 0) is 12.8 Å². The zero-order valence-corrected chi connectivity index (χ0v) is 25.9. The van der Waals surface area contributed by atoms with E-state index in [1.54, 1.807) is 42.7 Å². The van der Waals surface area contributed by atoms with E-state index in [0.29, 0.717) is 58.6 Å². The van der Waals surface area contributed by atoms with Crippen LogP contribution in [0.4, 0.5) is 0 Å². The maximum Gasteiger partial charge on any atom is 0.506 e. The summed E-state index contributed by atoms with van der Waals surface area (Å²) in [6.07, 6.45) is 1.30. The van der Waals surface area contributed by atoms with E-state index in [4.69, 9.17) is 49.3 Å². The summed E-state index contributed by atoms with van der Waals surface area (Å²) in [4.78, 5) is 2.31. The van der Waals surface area contributed by atoms with E-state index in [2.05, 4.69) is 4.90 Å². The van der Waals surface area contributed by atoms with E-state index < -0.39 is 32.0 Å². The molecule has 12 nitrogen and oxygen atoms in total. The third kappa shape index (κ3) is 6.83. The van der Waals surface area contributed by atoms with Crippen LogP contribution in [0.15, 0.2) is 0 Å². The largest absolute Gasteiger partial charge is 0.506 e. The van der Waals surface area contributed by atoms with E-state index in [1.165, 1.54) is 0 Å². The van der Waals surface area contributed by atoms with Crippen molar-refractivity contribution in [3.8, 4) is 0 Å². The van der Waals surface area contributed by atoms with Crippen molar-refractivity contribution in [2.75, 3.05) is 95.3 Å². The van der Waals surface area contributed by atoms with Gasteiger partial charge in [0, 0.05) is 88.1 Å². The standard InChI is InChI=1S/C21H45NO11Si3/c1-23-35(24-2,25-3)14-8-11-29-16-19-15-22-10-13-31-34(7,32-19)33-21(17-22)18-30-12-9-20(21)36(26-4,27-5)28-6/h19-20H,8-18H2,1-7H3. The first kappa shape index (κ1) is 30.7. The fraction of sp³-hybridized carbons (Fsp3) is 1.00. The van der Waals surface area contributed by atoms with Gasteiger partial charge in [0.1, 0.15) is 5.60 Å². The van der Waals surface area contributed by atoms with Gasteiger partial charge >= 0.3 is 26.4 Å². The van der Waals surface area contributed by atoms with Gasteiger partial charge in [-0.15, -0.1) is 0 Å². The van der Waals surface area contributed by atoms with Crippen molar-refractivity contribution in [2.45, 2.75) is 42.7 Å². The van der Waals surface area contributed by atoms with Crippen LogP contribution in [-0.2, 0) is 49.3 Å². The lowest BCUT2D eigenvalue weighted by molar-refractivity contribution is -0.165. The van der Waals surface area contributed by atoms with Gasteiger partial charge in [0.05, 0.1) is 31.5 Å². The Hall–Kier alpha value is 0.171. The van der Waals surface area contributed by atoms with Crippen LogP contribution in [0.5, 0.6) is 0 Å². The SMILES string of the molecule is CO[Si](CCCOCC1CN2CCO[Si](C)(O1)OC1(COCCC1[Si](OC)(OC)OC)C2)(OC)OC. The molecule has 1 spiro atoms. The molecular weight excluding hydrogens is 526 g/mol. The van der Waals surface area contributed by atoms with Gasteiger partial charge in [-0.2, -0.15) is 0 Å². The van der Waals surface area contributed by atoms with E-state index >= 15 is 0 Å². The van der Waals surface area contributed by atoms with Gasteiger partial charge < -0.3 is 49.3 Å². The van der Waals surface area contributed by atoms with E-state index in [9.17, 15) is 0 Å². The second kappa shape index (κ2) is 13.5. The number of hydrogen-bond acceptors (Lipinski definition) is 12. The van der Waals surface area contributed by atoms with Crippen molar-refractivity contribution in [1.82, 2.24) is 4.90 Å². The Balaban J connectivity index is 1.68. The predicted molar refractivity (Wildman–Crippen MR) is 136 cm³/mol. The molecule has 0 saturated carbocycles. The zero-order valence-electron chi connectivity index (χ0n) is 22.9. The summed E-state index contributed by atoms with van der Waals surface area (Å²) in [7, 11) is 1.08. The highest BCUT2D eigenvalue weighted by Crippen LogP contribution is 2.46. The fourth-order valence-electron chi connectivity index (χ4n) is 5.58. The van der Waals surface area contributed by atoms with Crippen LogP contribution in [0.1, 0.15) is 12.8 Å². The van der Waals surface area contributed by atoms with Crippen LogP contribution in [-0.4, -0.2) is 138 Å². The van der Waals surface area contributed by atoms with Crippen molar-refractivity contribution in [3.05, 3.63) is 0 Å². The summed E-state index contributed by atoms with van der Waals surface area (Å²) >= 11 is 0. The summed E-state index contributed by atoms with van der Waals surface area (Å²) in [5.41, 5.74) is -0.827. The van der Waals surface area contributed by atoms with Crippen LogP contribution in [0.25, 0.3) is 0 Å². The van der Waals surface area contributed by atoms with E-state index in [1.807, 2.05) is 6.55 Å². The molecule has 15 heteroatoms. The minimum absolute atomic E-state index is 0.113. The molecule has 36 heavy (non-hydrogen) atoms. The quantitative estimate of drug-likeness (QED) is 0.233. The van der Waals surface area contributed by atoms with Crippen LogP contribution in [0.3, 0.4) is 0 Å². The number of fused-ring (bicyclic) bond motifs is 4. The highest BCUT2D eigenvalue weighted by atomic mass is 28.4. The second-order valence-electron chi connectivity index (χ2n) is 9.44. The third-order valence-corrected chi connectivity index (χ3v) is 15.8. The van der Waals surface area contributed by atoms with Crippen LogP contribution in [0, 0.1) is 0 Å². The van der Waals surface area contributed by atoms with Crippen LogP contribution >= 0.6 is 0 Å². The summed E-state index contributed by atoms with van der Waals surface area (Å²) in [6, 6.07) is 0.681. The molecule has 4 rings (SSSR count). The van der Waals surface area contributed by atoms with Crippen molar-refractivity contribution in [3.63, 3.8) is 0 Å². The Bertz CT molecular complexity index is 658. The Labute approximate surface area is 218 Å². The maximum atomic E-state index is 6.87. The van der Waals surface area contributed by atoms with Gasteiger partial charge in [0.2, 0.25) is 0 Å². The molecule has 4 aliphatic heterocycles. The van der Waals surface area contributed by atoms with Crippen molar-refractivity contribution < 1.29 is 49.3 Å². The van der Waals surface area contributed by atoms with Gasteiger partial charge in [-0.25, -0.2) is 0 Å². The van der Waals surface area contributed by atoms with E-state index in [0.717, 1.165) is 13.0 Å². The number of ether oxygens (including phenoxy) is 2. The normalized spacial score (nSPS) is 33.9. The predicted octanol–water partition coefficient (Wildman–Crippen LogP) is 0.995. The summed E-state index contributed by atoms with van der Waals surface area (Å²) in [6.45, 7) is 6.62. The topological polar surface area (TPSA) is 105 Å². The monoisotopic (exact) mass is 571 g/mol. The molecule has 0 radical (unpaired) electrons. The molecule has 0 aromatic rings. The Morgan fingerprint density at radius 2 is 1.67 bits per heavy atom. The molecule has 4 saturated heterocycles. The van der Waals surface area contributed by atoms with Crippen LogP contribution < -0.4 is 0 Å². The first-order valence-corrected chi connectivity index (χ1v) is 18.4. The molecule has 4 fully saturated rings. The summed E-state index contributed by atoms with van der Waals surface area (Å²) in [5.74, 6) is 0. The number of nitrogens with zero attached hydrogens (tertiary/aromatic N) is 1. The van der Waals surface area contributed by atoms with Gasteiger partial charge in [0.25, 0.3) is 0 Å². The molecule has 0 aromatic heterocycles. The first-order valence-electron chi connectivity index (χ1n) is 12.5. The average molecular weight is 572 g/mol. The zero-order chi connectivity index (χ0) is 26.3. The molecule has 0 aliphatic carbocycles. The minimum atomic E-state index is -3.06. The molecule has 0 amide bonds. The maximum absolute atomic E-state index is 6.87. The molecule has 5 atom stereocenters. The number of hydrogen-bond donors (Lipinski definition) is 0. The molecular formula is C21H45NO11Si3. The second-order valence-corrected chi connectivity index (χ2v) is 18.1. The minimum Gasteiger partial charge on any atom is -0.379 e. The highest BCUT2D eigenvalue weighted by Gasteiger charge is 2.64. The lowest BCUT2D eigenvalue weighted by Crippen LogP contribution is -2.71. The van der Waals surface area contributed by atoms with Crippen molar-refractivity contribution in [1.29, 1.82) is 0 Å². The summed E-state index contributed by atoms with van der Waals surface area (Å²) in [5, 5.41) is 0. The Morgan fingerprint density at radius 3 is 2.31 bits per heavy atom. The van der Waals surface area contributed by atoms with Crippen molar-refractivity contribution in [2.24, 2.45) is 0 Å². The molecule has 0 N–H and O–H groups in total. The highest BCUT2D eigenvalue weighted by molar-refractivity contribution is 6.63. The van der Waals surface area contributed by atoms with Gasteiger partial charge in [-0.1, -0.05) is 0 Å². The lowest BCUT2D eigenvalue weighted by Gasteiger charge is -2.54. The fourth-order valence-corrected chi connectivity index (χ4v) is 12.5. The molecule has 212 valence electrons. The first-order chi connectivity index (χ1) is 17.3.